The Kier molecular flexibility index (Phi) is 5.72. The Labute approximate surface area is 171 Å². The maximum Gasteiger partial charge on any atom is 0.222 e. The van der Waals surface area contributed by atoms with E-state index in [1.54, 1.807) is 0 Å². The van der Waals surface area contributed by atoms with Gasteiger partial charge in [-0.05, 0) is 67.9 Å². The van der Waals surface area contributed by atoms with Crippen molar-refractivity contribution in [2.24, 2.45) is 0 Å². The molecular formula is C24H27ClN2O. The highest BCUT2D eigenvalue weighted by Crippen LogP contribution is 2.29. The molecule has 4 heteroatoms. The summed E-state index contributed by atoms with van der Waals surface area (Å²) < 4.78 is 0. The molecule has 1 aliphatic rings. The number of aryl methyl sites for hydroxylation is 2. The maximum absolute atomic E-state index is 12.7. The Bertz CT molecular complexity index is 955. The minimum atomic E-state index is 0.294. The summed E-state index contributed by atoms with van der Waals surface area (Å²) in [6.07, 6.45) is 4.52. The van der Waals surface area contributed by atoms with E-state index in [2.05, 4.69) is 47.1 Å². The van der Waals surface area contributed by atoms with E-state index in [4.69, 9.17) is 11.6 Å². The summed E-state index contributed by atoms with van der Waals surface area (Å²) in [5.74, 6) is 0.880. The number of nitrogens with zero attached hydrogens (tertiary/aromatic N) is 1. The van der Waals surface area contributed by atoms with Crippen molar-refractivity contribution in [3.8, 4) is 0 Å². The van der Waals surface area contributed by atoms with Gasteiger partial charge >= 0.3 is 0 Å². The molecule has 146 valence electrons. The van der Waals surface area contributed by atoms with Crippen LogP contribution >= 0.6 is 11.6 Å². The van der Waals surface area contributed by atoms with E-state index in [0.717, 1.165) is 49.3 Å². The number of likely N-dealkylation sites (tertiary alicyclic amines) is 1. The van der Waals surface area contributed by atoms with E-state index < -0.39 is 0 Å². The molecule has 0 saturated carbocycles. The first kappa shape index (κ1) is 19.1. The third kappa shape index (κ3) is 4.10. The summed E-state index contributed by atoms with van der Waals surface area (Å²) in [7, 11) is 0. The number of aromatic amines is 1. The second-order valence-corrected chi connectivity index (χ2v) is 8.27. The topological polar surface area (TPSA) is 36.1 Å². The van der Waals surface area contributed by atoms with Gasteiger partial charge < -0.3 is 9.88 Å². The first-order valence-corrected chi connectivity index (χ1v) is 10.6. The molecule has 28 heavy (non-hydrogen) atoms. The fourth-order valence-corrected chi connectivity index (χ4v) is 4.61. The Morgan fingerprint density at radius 1 is 1.14 bits per heavy atom. The molecule has 0 atom stereocenters. The summed E-state index contributed by atoms with van der Waals surface area (Å²) in [5.41, 5.74) is 4.98. The van der Waals surface area contributed by atoms with E-state index in [1.807, 2.05) is 18.2 Å². The van der Waals surface area contributed by atoms with Gasteiger partial charge in [-0.3, -0.25) is 4.79 Å². The van der Waals surface area contributed by atoms with E-state index in [0.29, 0.717) is 18.2 Å². The van der Waals surface area contributed by atoms with Crippen LogP contribution in [0, 0.1) is 6.92 Å². The lowest BCUT2D eigenvalue weighted by Gasteiger charge is -2.32. The van der Waals surface area contributed by atoms with Gasteiger partial charge in [0.25, 0.3) is 0 Å². The monoisotopic (exact) mass is 394 g/mol. The minimum absolute atomic E-state index is 0.294. The van der Waals surface area contributed by atoms with Crippen molar-refractivity contribution in [3.63, 3.8) is 0 Å². The Balaban J connectivity index is 1.30. The fraction of sp³-hybridized carbons (Fsp3) is 0.375. The summed E-state index contributed by atoms with van der Waals surface area (Å²) >= 11 is 6.17. The van der Waals surface area contributed by atoms with Crippen LogP contribution < -0.4 is 0 Å². The van der Waals surface area contributed by atoms with Crippen molar-refractivity contribution in [1.82, 2.24) is 9.88 Å². The third-order valence-electron chi connectivity index (χ3n) is 6.02. The molecule has 3 nitrogen and oxygen atoms in total. The number of nitrogens with one attached hydrogen (secondary N) is 1. The average Bonchev–Trinajstić information content (AvgIpc) is 3.03. The quantitative estimate of drug-likeness (QED) is 0.578. The number of carbonyl (C=O) groups is 1. The van der Waals surface area contributed by atoms with E-state index in [1.165, 1.54) is 22.2 Å². The minimum Gasteiger partial charge on any atom is -0.358 e. The van der Waals surface area contributed by atoms with Gasteiger partial charge in [-0.1, -0.05) is 41.9 Å². The highest BCUT2D eigenvalue weighted by atomic mass is 35.5. The number of hydrogen-bond acceptors (Lipinski definition) is 1. The lowest BCUT2D eigenvalue weighted by Crippen LogP contribution is -2.37. The van der Waals surface area contributed by atoms with Gasteiger partial charge in [0.05, 0.1) is 0 Å². The average molecular weight is 395 g/mol. The number of aromatic nitrogens is 1. The Hall–Kier alpha value is -2.26. The molecule has 0 radical (unpaired) electrons. The molecule has 0 aliphatic carbocycles. The molecule has 1 aliphatic heterocycles. The Morgan fingerprint density at radius 3 is 2.64 bits per heavy atom. The van der Waals surface area contributed by atoms with Crippen LogP contribution in [0.1, 0.15) is 48.4 Å². The Morgan fingerprint density at radius 2 is 1.89 bits per heavy atom. The van der Waals surface area contributed by atoms with Crippen LogP contribution in [0.5, 0.6) is 0 Å². The summed E-state index contributed by atoms with van der Waals surface area (Å²) in [6, 6.07) is 16.6. The normalized spacial score (nSPS) is 15.3. The second kappa shape index (κ2) is 8.40. The van der Waals surface area contributed by atoms with Crippen LogP contribution in [0.4, 0.5) is 0 Å². The van der Waals surface area contributed by atoms with Crippen molar-refractivity contribution in [2.45, 2.75) is 44.9 Å². The highest BCUT2D eigenvalue weighted by Gasteiger charge is 2.23. The van der Waals surface area contributed by atoms with Gasteiger partial charge in [0.15, 0.2) is 0 Å². The van der Waals surface area contributed by atoms with Gasteiger partial charge in [0, 0.05) is 41.1 Å². The standard InChI is InChI=1S/C24H27ClN2O/c1-17-21(22-16-20(25)10-11-23(22)26-17)8-5-9-24(28)27-14-12-19(13-15-27)18-6-3-2-4-7-18/h2-4,6-7,10-11,16,19,26H,5,8-9,12-15H2,1H3. The van der Waals surface area contributed by atoms with E-state index in [9.17, 15) is 4.79 Å². The van der Waals surface area contributed by atoms with Crippen LogP contribution in [0.3, 0.4) is 0 Å². The van der Waals surface area contributed by atoms with E-state index in [-0.39, 0.29) is 0 Å². The largest absolute Gasteiger partial charge is 0.358 e. The van der Waals surface area contributed by atoms with Crippen molar-refractivity contribution >= 4 is 28.4 Å². The predicted octanol–water partition coefficient (Wildman–Crippen LogP) is 5.86. The smallest absolute Gasteiger partial charge is 0.222 e. The molecule has 0 unspecified atom stereocenters. The van der Waals surface area contributed by atoms with Crippen molar-refractivity contribution < 1.29 is 4.79 Å². The van der Waals surface area contributed by atoms with E-state index >= 15 is 0 Å². The number of hydrogen-bond donors (Lipinski definition) is 1. The summed E-state index contributed by atoms with van der Waals surface area (Å²) in [5, 5.41) is 1.94. The highest BCUT2D eigenvalue weighted by molar-refractivity contribution is 6.31. The van der Waals surface area contributed by atoms with Crippen molar-refractivity contribution in [2.75, 3.05) is 13.1 Å². The number of fused-ring (bicyclic) bond motifs is 1. The zero-order chi connectivity index (χ0) is 19.5. The molecule has 0 bridgehead atoms. The SMILES string of the molecule is Cc1[nH]c2ccc(Cl)cc2c1CCCC(=O)N1CCC(c2ccccc2)CC1. The molecule has 1 amide bonds. The predicted molar refractivity (Wildman–Crippen MR) is 116 cm³/mol. The van der Waals surface area contributed by atoms with Crippen LogP contribution in [0.25, 0.3) is 10.9 Å². The third-order valence-corrected chi connectivity index (χ3v) is 6.25. The molecule has 4 rings (SSSR count). The molecule has 1 aromatic heterocycles. The summed E-state index contributed by atoms with van der Waals surface area (Å²) in [6.45, 7) is 3.85. The number of rotatable bonds is 5. The summed E-state index contributed by atoms with van der Waals surface area (Å²) in [4.78, 5) is 18.1. The first-order chi connectivity index (χ1) is 13.6. The van der Waals surface area contributed by atoms with Crippen LogP contribution in [-0.4, -0.2) is 28.9 Å². The van der Waals surface area contributed by atoms with Crippen LogP contribution in [0.15, 0.2) is 48.5 Å². The fourth-order valence-electron chi connectivity index (χ4n) is 4.44. The molecule has 0 spiro atoms. The van der Waals surface area contributed by atoms with Gasteiger partial charge in [0.2, 0.25) is 5.91 Å². The van der Waals surface area contributed by atoms with Crippen molar-refractivity contribution in [1.29, 1.82) is 0 Å². The zero-order valence-electron chi connectivity index (χ0n) is 16.4. The van der Waals surface area contributed by atoms with Crippen molar-refractivity contribution in [3.05, 3.63) is 70.4 Å². The van der Waals surface area contributed by atoms with Gasteiger partial charge in [-0.2, -0.15) is 0 Å². The van der Waals surface area contributed by atoms with Gasteiger partial charge in [0.1, 0.15) is 0 Å². The molecular weight excluding hydrogens is 368 g/mol. The number of halogens is 1. The van der Waals surface area contributed by atoms with Crippen LogP contribution in [-0.2, 0) is 11.2 Å². The van der Waals surface area contributed by atoms with Gasteiger partial charge in [-0.15, -0.1) is 0 Å². The van der Waals surface area contributed by atoms with Gasteiger partial charge in [-0.25, -0.2) is 0 Å². The second-order valence-electron chi connectivity index (χ2n) is 7.84. The lowest BCUT2D eigenvalue weighted by atomic mass is 9.89. The number of H-pyrrole nitrogens is 1. The lowest BCUT2D eigenvalue weighted by molar-refractivity contribution is -0.132. The molecule has 3 aromatic rings. The first-order valence-electron chi connectivity index (χ1n) is 10.2. The molecule has 2 heterocycles. The maximum atomic E-state index is 12.7. The molecule has 1 fully saturated rings. The number of piperidine rings is 1. The number of amides is 1. The number of benzene rings is 2. The zero-order valence-corrected chi connectivity index (χ0v) is 17.1. The van der Waals surface area contributed by atoms with Crippen LogP contribution in [0.2, 0.25) is 5.02 Å². The number of carbonyl (C=O) groups excluding carboxylic acids is 1. The molecule has 2 aromatic carbocycles. The molecule has 1 saturated heterocycles. The molecule has 1 N–H and O–H groups in total.